The van der Waals surface area contributed by atoms with Crippen molar-refractivity contribution in [3.8, 4) is 0 Å². The molecule has 0 aromatic heterocycles. The maximum atomic E-state index is 12.9. The fourth-order valence-corrected chi connectivity index (χ4v) is 3.37. The first-order valence-electron chi connectivity index (χ1n) is 6.44. The molecule has 0 saturated heterocycles. The van der Waals surface area contributed by atoms with Crippen molar-refractivity contribution >= 4 is 31.6 Å². The molecule has 1 unspecified atom stereocenters. The molecule has 0 radical (unpaired) electrons. The second-order valence-electron chi connectivity index (χ2n) is 4.81. The summed E-state index contributed by atoms with van der Waals surface area (Å²) in [5.74, 6) is -0.196. The summed E-state index contributed by atoms with van der Waals surface area (Å²) in [4.78, 5) is 0. The molecule has 1 aliphatic rings. The van der Waals surface area contributed by atoms with E-state index in [4.69, 9.17) is 0 Å². The molecule has 0 saturated carbocycles. The Morgan fingerprint density at radius 1 is 1.15 bits per heavy atom. The molecule has 1 aliphatic heterocycles. The molecule has 5 heteroatoms. The van der Waals surface area contributed by atoms with Gasteiger partial charge in [0.25, 0.3) is 0 Å². The summed E-state index contributed by atoms with van der Waals surface area (Å²) in [5.41, 5.74) is 4.09. The Labute approximate surface area is 123 Å². The second kappa shape index (κ2) is 5.73. The molecule has 2 aromatic carbocycles. The van der Waals surface area contributed by atoms with E-state index in [-0.39, 0.29) is 26.4 Å². The van der Waals surface area contributed by atoms with E-state index in [0.717, 1.165) is 29.0 Å². The van der Waals surface area contributed by atoms with Crippen molar-refractivity contribution in [3.63, 3.8) is 0 Å². The van der Waals surface area contributed by atoms with E-state index in [9.17, 15) is 4.39 Å². The van der Waals surface area contributed by atoms with E-state index in [2.05, 4.69) is 20.2 Å². The Balaban J connectivity index is 1.71. The van der Waals surface area contributed by atoms with Gasteiger partial charge >= 0.3 is 122 Å². The summed E-state index contributed by atoms with van der Waals surface area (Å²) in [5, 5.41) is 3.47. The van der Waals surface area contributed by atoms with Crippen LogP contribution in [0.4, 0.5) is 21.5 Å². The van der Waals surface area contributed by atoms with Gasteiger partial charge < -0.3 is 0 Å². The van der Waals surface area contributed by atoms with E-state index in [1.807, 2.05) is 30.3 Å². The van der Waals surface area contributed by atoms with E-state index in [0.29, 0.717) is 0 Å². The van der Waals surface area contributed by atoms with Crippen LogP contribution >= 0.6 is 0 Å². The average molecular weight is 334 g/mol. The van der Waals surface area contributed by atoms with Crippen LogP contribution in [0.3, 0.4) is 0 Å². The minimum absolute atomic E-state index is 0.0136. The Kier molecular flexibility index (Phi) is 3.81. The molecule has 1 heterocycles. The molecule has 3 rings (SSSR count). The fourth-order valence-electron chi connectivity index (χ4n) is 2.21. The normalized spacial score (nSPS) is 13.7. The first kappa shape index (κ1) is 13.3. The number of anilines is 1. The first-order valence-corrected chi connectivity index (χ1v) is 7.98. The molecule has 102 valence electrons. The molecule has 0 bridgehead atoms. The average Bonchev–Trinajstić information content (AvgIpc) is 2.91. The maximum absolute atomic E-state index is 12.9. The second-order valence-corrected chi connectivity index (χ2v) is 5.92. The number of rotatable bonds is 4. The summed E-state index contributed by atoms with van der Waals surface area (Å²) in [7, 11) is 0. The summed E-state index contributed by atoms with van der Waals surface area (Å²) < 4.78 is 21.7. The molecule has 1 N–H and O–H groups in total. The topological polar surface area (TPSA) is 36.8 Å². The van der Waals surface area contributed by atoms with E-state index in [1.165, 1.54) is 12.1 Å². The van der Waals surface area contributed by atoms with Crippen LogP contribution in [-0.4, -0.2) is 20.6 Å². The predicted octanol–water partition coefficient (Wildman–Crippen LogP) is 4.22. The van der Waals surface area contributed by atoms with Crippen molar-refractivity contribution in [1.29, 1.82) is 0 Å². The van der Waals surface area contributed by atoms with Gasteiger partial charge in [-0.25, -0.2) is 0 Å². The van der Waals surface area contributed by atoms with Crippen LogP contribution in [0.1, 0.15) is 12.5 Å². The van der Waals surface area contributed by atoms with Crippen molar-refractivity contribution in [2.45, 2.75) is 19.4 Å². The zero-order chi connectivity index (χ0) is 13.9. The van der Waals surface area contributed by atoms with Gasteiger partial charge in [0.15, 0.2) is 0 Å². The third kappa shape index (κ3) is 2.89. The molecule has 20 heavy (non-hydrogen) atoms. The molecule has 1 atom stereocenters. The van der Waals surface area contributed by atoms with E-state index >= 15 is 0 Å². The van der Waals surface area contributed by atoms with Crippen LogP contribution in [0.15, 0.2) is 50.4 Å². The van der Waals surface area contributed by atoms with Gasteiger partial charge in [-0.1, -0.05) is 0 Å². The summed E-state index contributed by atoms with van der Waals surface area (Å²) in [6.07, 6.45) is 0.840. The Morgan fingerprint density at radius 2 is 1.95 bits per heavy atom. The van der Waals surface area contributed by atoms with Crippen LogP contribution in [-0.2, 0) is 6.42 Å². The molecule has 0 amide bonds. The van der Waals surface area contributed by atoms with Gasteiger partial charge in [0.1, 0.15) is 0 Å². The third-order valence-electron chi connectivity index (χ3n) is 3.14. The zero-order valence-corrected chi connectivity index (χ0v) is 12.7. The van der Waals surface area contributed by atoms with Gasteiger partial charge in [0.2, 0.25) is 0 Å². The third-order valence-corrected chi connectivity index (χ3v) is 4.28. The Hall–Kier alpha value is -1.71. The number of benzene rings is 2. The van der Waals surface area contributed by atoms with Crippen LogP contribution in [0.2, 0.25) is 0 Å². The summed E-state index contributed by atoms with van der Waals surface area (Å²) in [6, 6.07) is 12.9. The van der Waals surface area contributed by atoms with Crippen molar-refractivity contribution in [2.24, 2.45) is 7.92 Å². The van der Waals surface area contributed by atoms with Crippen LogP contribution < -0.4 is 5.32 Å². The van der Waals surface area contributed by atoms with Crippen LogP contribution in [0.5, 0.6) is 0 Å². The summed E-state index contributed by atoms with van der Waals surface area (Å²) >= 11 is -0.0136. The Bertz CT molecular complexity index is 691. The van der Waals surface area contributed by atoms with Gasteiger partial charge in [0, 0.05) is 0 Å². The zero-order valence-electron chi connectivity index (χ0n) is 11.0. The fraction of sp³-hybridized carbons (Fsp3) is 0.200. The molecule has 3 nitrogen and oxygen atoms in total. The van der Waals surface area contributed by atoms with Gasteiger partial charge in [-0.3, -0.25) is 0 Å². The molecule has 0 fully saturated rings. The van der Waals surface area contributed by atoms with Crippen molar-refractivity contribution in [2.75, 3.05) is 5.32 Å². The van der Waals surface area contributed by atoms with Crippen molar-refractivity contribution in [3.05, 3.63) is 53.8 Å². The van der Waals surface area contributed by atoms with E-state index in [1.54, 1.807) is 0 Å². The molecule has 2 aromatic rings. The van der Waals surface area contributed by atoms with Crippen molar-refractivity contribution < 1.29 is 4.39 Å². The number of nitrogens with one attached hydrogen (secondary N) is 1. The van der Waals surface area contributed by atoms with Crippen LogP contribution in [0.25, 0.3) is 0 Å². The number of fused-ring (bicyclic) bond motifs is 1. The Morgan fingerprint density at radius 3 is 2.75 bits per heavy atom. The summed E-state index contributed by atoms with van der Waals surface area (Å²) in [6.45, 7) is 2.11. The predicted molar refractivity (Wildman–Crippen MR) is 79.6 cm³/mol. The first-order chi connectivity index (χ1) is 9.72. The van der Waals surface area contributed by atoms with Crippen molar-refractivity contribution in [1.82, 2.24) is 0 Å². The van der Waals surface area contributed by atoms with Gasteiger partial charge in [0.05, 0.1) is 0 Å². The van der Waals surface area contributed by atoms with Gasteiger partial charge in [-0.05, 0) is 0 Å². The quantitative estimate of drug-likeness (QED) is 0.713. The van der Waals surface area contributed by atoms with Gasteiger partial charge in [-0.15, -0.1) is 0 Å². The minimum atomic E-state index is -0.196. The SMILES string of the molecule is CC(Cc1ccc(F)cc1)Nc1cccc2c1N=[Se]=N2. The molecular weight excluding hydrogens is 320 g/mol. The van der Waals surface area contributed by atoms with Gasteiger partial charge in [-0.2, -0.15) is 0 Å². The molecule has 0 spiro atoms. The number of halogens is 1. The molecule has 0 aliphatic carbocycles. The standard InChI is InChI=1S/C15H14FN3Se/c1-10(9-11-5-7-12(16)8-6-11)17-13-3-2-4-14-15(13)19-20-18-14/h2-8,10,17H,9H2,1H3. The monoisotopic (exact) mass is 335 g/mol. The number of nitrogens with zero attached hydrogens (tertiary/aromatic N) is 2. The number of hydrogen-bond acceptors (Lipinski definition) is 3. The van der Waals surface area contributed by atoms with E-state index < -0.39 is 0 Å². The van der Waals surface area contributed by atoms with Crippen LogP contribution in [0, 0.1) is 5.82 Å². The molecular formula is C15H14FN3Se. The number of hydrogen-bond donors (Lipinski definition) is 1.